The van der Waals surface area contributed by atoms with E-state index in [1.54, 1.807) is 0 Å². The average molecular weight is 239 g/mol. The Morgan fingerprint density at radius 2 is 1.71 bits per heavy atom. The number of hydrogen-bond donors (Lipinski definition) is 0. The highest BCUT2D eigenvalue weighted by atomic mass is 16.5. The van der Waals surface area contributed by atoms with Crippen molar-refractivity contribution in [2.24, 2.45) is 5.92 Å². The van der Waals surface area contributed by atoms with Crippen molar-refractivity contribution in [3.63, 3.8) is 0 Å². The van der Waals surface area contributed by atoms with Gasteiger partial charge in [0.15, 0.2) is 0 Å². The summed E-state index contributed by atoms with van der Waals surface area (Å²) in [6.45, 7) is 7.96. The molecule has 2 rings (SSSR count). The number of nitrogens with zero attached hydrogens (tertiary/aromatic N) is 1. The van der Waals surface area contributed by atoms with Crippen molar-refractivity contribution in [1.82, 2.24) is 4.90 Å². The standard InChI is InChI=1S/C15H29NO/c1-13(2)17-12-14-8-4-5-9-15(14)16-10-6-3-7-11-16/h13-15H,3-12H2,1-2H3. The van der Waals surface area contributed by atoms with Crippen molar-refractivity contribution in [1.29, 1.82) is 0 Å². The Labute approximate surface area is 107 Å². The SMILES string of the molecule is CC(C)OCC1CCCCC1N1CCCCC1. The molecule has 1 heterocycles. The molecule has 0 bridgehead atoms. The van der Waals surface area contributed by atoms with E-state index in [4.69, 9.17) is 4.74 Å². The molecule has 1 saturated carbocycles. The molecule has 100 valence electrons. The molecule has 0 N–H and O–H groups in total. The second-order valence-electron chi connectivity index (χ2n) is 6.09. The quantitative estimate of drug-likeness (QED) is 0.745. The van der Waals surface area contributed by atoms with Gasteiger partial charge in [0.05, 0.1) is 12.7 Å². The van der Waals surface area contributed by atoms with E-state index in [-0.39, 0.29) is 0 Å². The summed E-state index contributed by atoms with van der Waals surface area (Å²) in [5, 5.41) is 0. The van der Waals surface area contributed by atoms with Crippen LogP contribution < -0.4 is 0 Å². The van der Waals surface area contributed by atoms with Gasteiger partial charge in [0, 0.05) is 6.04 Å². The molecule has 2 fully saturated rings. The predicted octanol–water partition coefficient (Wildman–Crippen LogP) is 3.46. The topological polar surface area (TPSA) is 12.5 Å². The van der Waals surface area contributed by atoms with Gasteiger partial charge in [-0.2, -0.15) is 0 Å². The summed E-state index contributed by atoms with van der Waals surface area (Å²) in [7, 11) is 0. The molecule has 0 amide bonds. The van der Waals surface area contributed by atoms with Gasteiger partial charge in [-0.05, 0) is 58.5 Å². The zero-order valence-electron chi connectivity index (χ0n) is 11.7. The maximum absolute atomic E-state index is 5.88. The normalized spacial score (nSPS) is 31.9. The lowest BCUT2D eigenvalue weighted by molar-refractivity contribution is -0.00245. The number of likely N-dealkylation sites (tertiary alicyclic amines) is 1. The van der Waals surface area contributed by atoms with Crippen molar-refractivity contribution >= 4 is 0 Å². The highest BCUT2D eigenvalue weighted by Crippen LogP contribution is 2.30. The van der Waals surface area contributed by atoms with Crippen LogP contribution in [0.3, 0.4) is 0 Å². The Morgan fingerprint density at radius 1 is 1.00 bits per heavy atom. The van der Waals surface area contributed by atoms with Gasteiger partial charge in [0.2, 0.25) is 0 Å². The second-order valence-corrected chi connectivity index (χ2v) is 6.09. The molecule has 2 unspecified atom stereocenters. The van der Waals surface area contributed by atoms with Crippen LogP contribution in [0.5, 0.6) is 0 Å². The minimum absolute atomic E-state index is 0.388. The molecule has 0 aromatic heterocycles. The smallest absolute Gasteiger partial charge is 0.0519 e. The van der Waals surface area contributed by atoms with E-state index >= 15 is 0 Å². The predicted molar refractivity (Wildman–Crippen MR) is 72.3 cm³/mol. The molecular formula is C15H29NO. The van der Waals surface area contributed by atoms with E-state index in [1.807, 2.05) is 0 Å². The maximum atomic E-state index is 5.88. The van der Waals surface area contributed by atoms with Crippen LogP contribution in [-0.2, 0) is 4.74 Å². The zero-order chi connectivity index (χ0) is 12.1. The summed E-state index contributed by atoms with van der Waals surface area (Å²) in [5.74, 6) is 0.796. The molecule has 2 nitrogen and oxygen atoms in total. The van der Waals surface area contributed by atoms with Gasteiger partial charge in [-0.15, -0.1) is 0 Å². The lowest BCUT2D eigenvalue weighted by Crippen LogP contribution is -2.46. The molecule has 1 saturated heterocycles. The van der Waals surface area contributed by atoms with Gasteiger partial charge in [-0.25, -0.2) is 0 Å². The van der Waals surface area contributed by atoms with E-state index in [9.17, 15) is 0 Å². The number of ether oxygens (including phenoxy) is 1. The van der Waals surface area contributed by atoms with Crippen LogP contribution in [-0.4, -0.2) is 36.7 Å². The molecular weight excluding hydrogens is 210 g/mol. The fourth-order valence-electron chi connectivity index (χ4n) is 3.43. The largest absolute Gasteiger partial charge is 0.378 e. The molecule has 0 aromatic carbocycles. The third-order valence-electron chi connectivity index (χ3n) is 4.37. The second kappa shape index (κ2) is 6.75. The third kappa shape index (κ3) is 3.96. The summed E-state index contributed by atoms with van der Waals surface area (Å²) in [4.78, 5) is 2.76. The molecule has 0 spiro atoms. The maximum Gasteiger partial charge on any atom is 0.0519 e. The lowest BCUT2D eigenvalue weighted by Gasteiger charge is -2.42. The van der Waals surface area contributed by atoms with Gasteiger partial charge >= 0.3 is 0 Å². The van der Waals surface area contributed by atoms with Crippen molar-refractivity contribution in [3.05, 3.63) is 0 Å². The van der Waals surface area contributed by atoms with Crippen molar-refractivity contribution in [2.45, 2.75) is 70.9 Å². The van der Waals surface area contributed by atoms with Crippen molar-refractivity contribution in [2.75, 3.05) is 19.7 Å². The Morgan fingerprint density at radius 3 is 2.41 bits per heavy atom. The van der Waals surface area contributed by atoms with Crippen LogP contribution in [0.25, 0.3) is 0 Å². The summed E-state index contributed by atoms with van der Waals surface area (Å²) in [5.41, 5.74) is 0. The van der Waals surface area contributed by atoms with Crippen molar-refractivity contribution < 1.29 is 4.74 Å². The van der Waals surface area contributed by atoms with Gasteiger partial charge in [0.1, 0.15) is 0 Å². The first kappa shape index (κ1) is 13.4. The average Bonchev–Trinajstić information content (AvgIpc) is 2.38. The fraction of sp³-hybridized carbons (Fsp3) is 1.00. The van der Waals surface area contributed by atoms with Gasteiger partial charge in [-0.3, -0.25) is 0 Å². The minimum Gasteiger partial charge on any atom is -0.378 e. The highest BCUT2D eigenvalue weighted by molar-refractivity contribution is 4.84. The summed E-state index contributed by atoms with van der Waals surface area (Å²) < 4.78 is 5.88. The molecule has 1 aliphatic heterocycles. The number of piperidine rings is 1. The van der Waals surface area contributed by atoms with E-state index in [1.165, 1.54) is 58.0 Å². The van der Waals surface area contributed by atoms with Gasteiger partial charge in [0.25, 0.3) is 0 Å². The summed E-state index contributed by atoms with van der Waals surface area (Å²) in [6, 6.07) is 0.822. The molecule has 2 heteroatoms. The van der Waals surface area contributed by atoms with Crippen LogP contribution in [0.2, 0.25) is 0 Å². The first-order chi connectivity index (χ1) is 8.27. The Bertz CT molecular complexity index is 211. The first-order valence-electron chi connectivity index (χ1n) is 7.63. The third-order valence-corrected chi connectivity index (χ3v) is 4.37. The Balaban J connectivity index is 1.86. The van der Waals surface area contributed by atoms with E-state index in [0.29, 0.717) is 6.10 Å². The van der Waals surface area contributed by atoms with Gasteiger partial charge in [-0.1, -0.05) is 19.3 Å². The van der Waals surface area contributed by atoms with E-state index in [2.05, 4.69) is 18.7 Å². The molecule has 1 aliphatic carbocycles. The molecule has 2 atom stereocenters. The van der Waals surface area contributed by atoms with E-state index < -0.39 is 0 Å². The molecule has 0 radical (unpaired) electrons. The fourth-order valence-corrected chi connectivity index (χ4v) is 3.43. The first-order valence-corrected chi connectivity index (χ1v) is 7.63. The molecule has 17 heavy (non-hydrogen) atoms. The van der Waals surface area contributed by atoms with Crippen LogP contribution in [0.15, 0.2) is 0 Å². The summed E-state index contributed by atoms with van der Waals surface area (Å²) in [6.07, 6.45) is 10.3. The minimum atomic E-state index is 0.388. The number of hydrogen-bond acceptors (Lipinski definition) is 2. The highest BCUT2D eigenvalue weighted by Gasteiger charge is 2.30. The van der Waals surface area contributed by atoms with Gasteiger partial charge < -0.3 is 9.64 Å². The molecule has 0 aromatic rings. The molecule has 2 aliphatic rings. The lowest BCUT2D eigenvalue weighted by atomic mass is 9.83. The van der Waals surface area contributed by atoms with Crippen LogP contribution in [0.4, 0.5) is 0 Å². The van der Waals surface area contributed by atoms with Crippen LogP contribution in [0, 0.1) is 5.92 Å². The van der Waals surface area contributed by atoms with Crippen molar-refractivity contribution in [3.8, 4) is 0 Å². The van der Waals surface area contributed by atoms with Crippen LogP contribution >= 0.6 is 0 Å². The Hall–Kier alpha value is -0.0800. The van der Waals surface area contributed by atoms with E-state index in [0.717, 1.165) is 18.6 Å². The summed E-state index contributed by atoms with van der Waals surface area (Å²) >= 11 is 0. The monoisotopic (exact) mass is 239 g/mol. The zero-order valence-corrected chi connectivity index (χ0v) is 11.7. The van der Waals surface area contributed by atoms with Crippen LogP contribution in [0.1, 0.15) is 58.8 Å². The Kier molecular flexibility index (Phi) is 5.30. The number of rotatable bonds is 4.